The maximum Gasteiger partial charge on any atom is 0.172 e. The van der Waals surface area contributed by atoms with E-state index in [1.165, 1.54) is 18.2 Å². The van der Waals surface area contributed by atoms with Gasteiger partial charge in [0, 0.05) is 11.1 Å². The minimum absolute atomic E-state index is 0.0393. The highest BCUT2D eigenvalue weighted by molar-refractivity contribution is 6.30. The average molecular weight is 286 g/mol. The van der Waals surface area contributed by atoms with Gasteiger partial charge >= 0.3 is 0 Å². The fourth-order valence-electron chi connectivity index (χ4n) is 2.23. The van der Waals surface area contributed by atoms with Crippen LogP contribution in [0.3, 0.4) is 0 Å². The lowest BCUT2D eigenvalue weighted by molar-refractivity contribution is 0.0887. The van der Waals surface area contributed by atoms with Crippen LogP contribution < -0.4 is 5.32 Å². The number of rotatable bonds is 5. The summed E-state index contributed by atoms with van der Waals surface area (Å²) in [4.78, 5) is 12.3. The molecule has 2 atom stereocenters. The monoisotopic (exact) mass is 285 g/mol. The molecule has 2 unspecified atom stereocenters. The molecule has 1 aliphatic rings. The Labute approximate surface area is 117 Å². The van der Waals surface area contributed by atoms with Gasteiger partial charge in [-0.25, -0.2) is 4.39 Å². The molecule has 0 amide bonds. The smallest absolute Gasteiger partial charge is 0.172 e. The predicted octanol–water partition coefficient (Wildman–Crippen LogP) is 2.68. The highest BCUT2D eigenvalue weighted by Gasteiger charge is 2.35. The van der Waals surface area contributed by atoms with Crippen molar-refractivity contribution < 1.29 is 13.9 Å². The van der Waals surface area contributed by atoms with Gasteiger partial charge in [-0.3, -0.25) is 4.79 Å². The molecular weight excluding hydrogens is 269 g/mol. The second-order valence-corrected chi connectivity index (χ2v) is 5.13. The van der Waals surface area contributed by atoms with Crippen molar-refractivity contribution in [3.63, 3.8) is 0 Å². The molecule has 1 fully saturated rings. The second kappa shape index (κ2) is 6.46. The summed E-state index contributed by atoms with van der Waals surface area (Å²) in [5.74, 6) is -1.12. The van der Waals surface area contributed by atoms with Crippen LogP contribution in [0.1, 0.15) is 23.7 Å². The third kappa shape index (κ3) is 3.32. The van der Waals surface area contributed by atoms with Crippen LogP contribution in [0.2, 0.25) is 5.02 Å². The lowest BCUT2D eigenvalue weighted by Gasteiger charge is -2.18. The summed E-state index contributed by atoms with van der Waals surface area (Å²) < 4.78 is 19.1. The maximum absolute atomic E-state index is 13.8. The summed E-state index contributed by atoms with van der Waals surface area (Å²) in [6, 6.07) is 4.10. The highest BCUT2D eigenvalue weighted by atomic mass is 35.5. The summed E-state index contributed by atoms with van der Waals surface area (Å²) in [5.41, 5.74) is 0.0863. The Bertz CT molecular complexity index is 467. The molecule has 1 heterocycles. The van der Waals surface area contributed by atoms with E-state index in [0.29, 0.717) is 13.2 Å². The predicted molar refractivity (Wildman–Crippen MR) is 72.1 cm³/mol. The van der Waals surface area contributed by atoms with Crippen LogP contribution in [0.25, 0.3) is 0 Å². The van der Waals surface area contributed by atoms with E-state index in [-0.39, 0.29) is 28.3 Å². The van der Waals surface area contributed by atoms with E-state index in [0.717, 1.165) is 13.0 Å². The van der Waals surface area contributed by atoms with Gasteiger partial charge in [0.05, 0.1) is 24.7 Å². The average Bonchev–Trinajstić information content (AvgIpc) is 2.83. The van der Waals surface area contributed by atoms with Gasteiger partial charge in [-0.2, -0.15) is 0 Å². The summed E-state index contributed by atoms with van der Waals surface area (Å²) >= 11 is 5.69. The lowest BCUT2D eigenvalue weighted by Crippen LogP contribution is -2.39. The molecule has 3 nitrogen and oxygen atoms in total. The zero-order valence-electron chi connectivity index (χ0n) is 10.8. The second-order valence-electron chi connectivity index (χ2n) is 4.69. The Kier molecular flexibility index (Phi) is 4.91. The molecule has 104 valence electrons. The fourth-order valence-corrected chi connectivity index (χ4v) is 2.39. The molecule has 1 aromatic carbocycles. The van der Waals surface area contributed by atoms with Crippen molar-refractivity contribution in [2.24, 2.45) is 5.92 Å². The van der Waals surface area contributed by atoms with Crippen LogP contribution in [0.4, 0.5) is 4.39 Å². The number of carbonyl (C=O) groups excluding carboxylic acids is 1. The molecule has 0 saturated carbocycles. The fraction of sp³-hybridized carbons (Fsp3) is 0.500. The van der Waals surface area contributed by atoms with Gasteiger partial charge in [0.2, 0.25) is 0 Å². The number of hydrogen-bond donors (Lipinski definition) is 1. The number of Topliss-reactive ketones (excluding diaryl/α,β-unsaturated/α-hetero) is 1. The minimum atomic E-state index is -0.571. The topological polar surface area (TPSA) is 38.3 Å². The number of ketones is 1. The first-order valence-corrected chi connectivity index (χ1v) is 6.81. The van der Waals surface area contributed by atoms with Gasteiger partial charge in [-0.15, -0.1) is 0 Å². The van der Waals surface area contributed by atoms with Gasteiger partial charge in [-0.1, -0.05) is 18.5 Å². The molecule has 19 heavy (non-hydrogen) atoms. The Morgan fingerprint density at radius 2 is 2.32 bits per heavy atom. The largest absolute Gasteiger partial charge is 0.379 e. The van der Waals surface area contributed by atoms with Crippen molar-refractivity contribution in [3.05, 3.63) is 34.6 Å². The quantitative estimate of drug-likeness (QED) is 0.846. The number of hydrogen-bond acceptors (Lipinski definition) is 3. The van der Waals surface area contributed by atoms with Crippen molar-refractivity contribution in [3.8, 4) is 0 Å². The van der Waals surface area contributed by atoms with Crippen LogP contribution in [0.5, 0.6) is 0 Å². The van der Waals surface area contributed by atoms with E-state index in [1.54, 1.807) is 0 Å². The number of carbonyl (C=O) groups is 1. The van der Waals surface area contributed by atoms with Gasteiger partial charge in [0.1, 0.15) is 5.82 Å². The molecule has 1 aliphatic heterocycles. The van der Waals surface area contributed by atoms with Crippen molar-refractivity contribution >= 4 is 17.4 Å². The van der Waals surface area contributed by atoms with Crippen LogP contribution in [-0.4, -0.2) is 31.6 Å². The van der Waals surface area contributed by atoms with Gasteiger partial charge in [0.15, 0.2) is 5.78 Å². The molecule has 1 aromatic rings. The van der Waals surface area contributed by atoms with Crippen LogP contribution >= 0.6 is 11.6 Å². The van der Waals surface area contributed by atoms with Crippen molar-refractivity contribution in [2.45, 2.75) is 19.4 Å². The first-order chi connectivity index (χ1) is 9.13. The summed E-state index contributed by atoms with van der Waals surface area (Å²) in [7, 11) is 0. The first-order valence-electron chi connectivity index (χ1n) is 6.44. The van der Waals surface area contributed by atoms with E-state index in [1.807, 2.05) is 0 Å². The molecular formula is C14H17ClFNO2. The van der Waals surface area contributed by atoms with Crippen molar-refractivity contribution in [1.29, 1.82) is 0 Å². The Morgan fingerprint density at radius 3 is 3.00 bits per heavy atom. The normalized spacial score (nSPS) is 22.7. The summed E-state index contributed by atoms with van der Waals surface area (Å²) in [6.07, 6.45) is 0.979. The zero-order chi connectivity index (χ0) is 13.8. The number of ether oxygens (including phenoxy) is 1. The lowest BCUT2D eigenvalue weighted by atomic mass is 9.93. The van der Waals surface area contributed by atoms with E-state index in [9.17, 15) is 9.18 Å². The standard InChI is InChI=1S/C14H17ClFNO2/c1-2-5-17-13-8-19-7-11(13)14(18)10-4-3-9(15)6-12(10)16/h3-4,6,11,13,17H,2,5,7-8H2,1H3. The summed E-state index contributed by atoms with van der Waals surface area (Å²) in [5, 5.41) is 3.56. The third-order valence-electron chi connectivity index (χ3n) is 3.27. The third-order valence-corrected chi connectivity index (χ3v) is 3.51. The van der Waals surface area contributed by atoms with Crippen molar-refractivity contribution in [1.82, 2.24) is 5.32 Å². The van der Waals surface area contributed by atoms with Gasteiger partial charge in [-0.05, 0) is 31.2 Å². The summed E-state index contributed by atoms with van der Waals surface area (Å²) in [6.45, 7) is 3.70. The van der Waals surface area contributed by atoms with Crippen LogP contribution in [0.15, 0.2) is 18.2 Å². The Balaban J connectivity index is 2.13. The molecule has 1 saturated heterocycles. The molecule has 0 aliphatic carbocycles. The zero-order valence-corrected chi connectivity index (χ0v) is 11.5. The molecule has 0 bridgehead atoms. The molecule has 0 spiro atoms. The Morgan fingerprint density at radius 1 is 1.53 bits per heavy atom. The molecule has 1 N–H and O–H groups in total. The Hall–Kier alpha value is -0.970. The van der Waals surface area contributed by atoms with E-state index in [2.05, 4.69) is 12.2 Å². The van der Waals surface area contributed by atoms with Crippen LogP contribution in [-0.2, 0) is 4.74 Å². The van der Waals surface area contributed by atoms with Gasteiger partial charge < -0.3 is 10.1 Å². The van der Waals surface area contributed by atoms with Crippen molar-refractivity contribution in [2.75, 3.05) is 19.8 Å². The van der Waals surface area contributed by atoms with E-state index >= 15 is 0 Å². The van der Waals surface area contributed by atoms with E-state index in [4.69, 9.17) is 16.3 Å². The van der Waals surface area contributed by atoms with Gasteiger partial charge in [0.25, 0.3) is 0 Å². The molecule has 0 aromatic heterocycles. The number of nitrogens with one attached hydrogen (secondary N) is 1. The van der Waals surface area contributed by atoms with Crippen LogP contribution in [0, 0.1) is 11.7 Å². The molecule has 5 heteroatoms. The number of halogens is 2. The molecule has 2 rings (SSSR count). The highest BCUT2D eigenvalue weighted by Crippen LogP contribution is 2.23. The van der Waals surface area contributed by atoms with E-state index < -0.39 is 5.82 Å². The minimum Gasteiger partial charge on any atom is -0.379 e. The SMILES string of the molecule is CCCNC1COCC1C(=O)c1ccc(Cl)cc1F. The first kappa shape index (κ1) is 14.4. The number of benzene rings is 1. The molecule has 0 radical (unpaired) electrons. The maximum atomic E-state index is 13.8.